The maximum Gasteiger partial charge on any atom is 0.227 e. The zero-order chi connectivity index (χ0) is 46.4. The molecule has 7 aromatic carbocycles. The molecule has 340 valence electrons. The molecule has 0 spiro atoms. The van der Waals surface area contributed by atoms with E-state index in [-0.39, 0.29) is 0 Å². The van der Waals surface area contributed by atoms with Crippen LogP contribution < -0.4 is 0 Å². The van der Waals surface area contributed by atoms with Gasteiger partial charge in [-0.05, 0) is 157 Å². The van der Waals surface area contributed by atoms with Crippen LogP contribution in [0.4, 0.5) is 0 Å². The van der Waals surface area contributed by atoms with Crippen LogP contribution in [-0.2, 0) is 25.7 Å². The Bertz CT molecular complexity index is 2990. The van der Waals surface area contributed by atoms with Crippen LogP contribution in [0.5, 0.6) is 0 Å². The molecule has 0 aliphatic heterocycles. The molecule has 6 nitrogen and oxygen atoms in total. The summed E-state index contributed by atoms with van der Waals surface area (Å²) in [6, 6.07) is 51.4. The van der Waals surface area contributed by atoms with E-state index in [0.717, 1.165) is 115 Å². The zero-order valence-corrected chi connectivity index (χ0v) is 39.9. The molecule has 68 heavy (non-hydrogen) atoms. The van der Waals surface area contributed by atoms with Crippen LogP contribution in [0.3, 0.4) is 0 Å². The molecular weight excluding hydrogens is 833 g/mol. The predicted molar refractivity (Wildman–Crippen MR) is 282 cm³/mol. The van der Waals surface area contributed by atoms with Gasteiger partial charge >= 0.3 is 0 Å². The highest BCUT2D eigenvalue weighted by atomic mass is 16.4. The Labute approximate surface area is 400 Å². The molecule has 10 rings (SSSR count). The number of aromatic nitrogens is 4. The second-order valence-corrected chi connectivity index (χ2v) is 18.3. The summed E-state index contributed by atoms with van der Waals surface area (Å²) in [6.07, 6.45) is 13.8. The van der Waals surface area contributed by atoms with Gasteiger partial charge in [0.2, 0.25) is 11.8 Å². The lowest BCUT2D eigenvalue weighted by Gasteiger charge is -2.12. The molecule has 0 bridgehead atoms. The molecule has 0 unspecified atom stereocenters. The average Bonchev–Trinajstić information content (AvgIpc) is 4.01. The molecule has 0 amide bonds. The molecule has 0 N–H and O–H groups in total. The van der Waals surface area contributed by atoms with Crippen molar-refractivity contribution in [1.29, 1.82) is 0 Å². The molecule has 0 atom stereocenters. The third kappa shape index (κ3) is 9.51. The van der Waals surface area contributed by atoms with Crippen LogP contribution in [0.15, 0.2) is 154 Å². The summed E-state index contributed by atoms with van der Waals surface area (Å²) in [6.45, 7) is 9.00. The van der Waals surface area contributed by atoms with E-state index in [1.54, 1.807) is 0 Å². The number of para-hydroxylation sites is 2. The van der Waals surface area contributed by atoms with E-state index in [1.165, 1.54) is 73.6 Å². The fourth-order valence-corrected chi connectivity index (χ4v) is 9.42. The van der Waals surface area contributed by atoms with Crippen molar-refractivity contribution in [1.82, 2.24) is 19.9 Å². The summed E-state index contributed by atoms with van der Waals surface area (Å²) >= 11 is 0. The van der Waals surface area contributed by atoms with Crippen LogP contribution >= 0.6 is 0 Å². The largest absolute Gasteiger partial charge is 0.436 e. The van der Waals surface area contributed by atoms with Crippen LogP contribution in [0.25, 0.3) is 101 Å². The van der Waals surface area contributed by atoms with Crippen molar-refractivity contribution in [2.45, 2.75) is 105 Å². The van der Waals surface area contributed by atoms with E-state index in [9.17, 15) is 0 Å². The fourth-order valence-electron chi connectivity index (χ4n) is 9.42. The second kappa shape index (κ2) is 20.4. The number of hydrogen-bond donors (Lipinski definition) is 0. The molecule has 0 aliphatic carbocycles. The minimum Gasteiger partial charge on any atom is -0.436 e. The smallest absolute Gasteiger partial charge is 0.227 e. The first kappa shape index (κ1) is 44.6. The van der Waals surface area contributed by atoms with Gasteiger partial charge in [0.1, 0.15) is 11.0 Å². The van der Waals surface area contributed by atoms with Crippen molar-refractivity contribution in [3.8, 4) is 67.7 Å². The summed E-state index contributed by atoms with van der Waals surface area (Å²) in [5.74, 6) is 1.32. The van der Waals surface area contributed by atoms with Crippen LogP contribution in [0.2, 0.25) is 0 Å². The van der Waals surface area contributed by atoms with E-state index < -0.39 is 0 Å². The van der Waals surface area contributed by atoms with E-state index in [2.05, 4.69) is 149 Å². The zero-order valence-electron chi connectivity index (χ0n) is 39.9. The van der Waals surface area contributed by atoms with Gasteiger partial charge < -0.3 is 8.83 Å². The Kier molecular flexibility index (Phi) is 13.4. The minimum atomic E-state index is 0.660. The lowest BCUT2D eigenvalue weighted by Crippen LogP contribution is -1.95. The number of nitrogens with zero attached hydrogens (tertiary/aromatic N) is 4. The van der Waals surface area contributed by atoms with Crippen molar-refractivity contribution in [3.63, 3.8) is 0 Å². The van der Waals surface area contributed by atoms with Crippen molar-refractivity contribution in [3.05, 3.63) is 168 Å². The Balaban J connectivity index is 0.879. The summed E-state index contributed by atoms with van der Waals surface area (Å²) in [4.78, 5) is 20.3. The van der Waals surface area contributed by atoms with Gasteiger partial charge in [0.05, 0.1) is 22.4 Å². The summed E-state index contributed by atoms with van der Waals surface area (Å²) < 4.78 is 12.7. The maximum absolute atomic E-state index is 6.37. The third-order valence-electron chi connectivity index (χ3n) is 13.4. The summed E-state index contributed by atoms with van der Waals surface area (Å²) in [5.41, 5.74) is 21.1. The van der Waals surface area contributed by atoms with Crippen molar-refractivity contribution in [2.24, 2.45) is 0 Å². The van der Waals surface area contributed by atoms with Crippen LogP contribution in [0, 0.1) is 0 Å². The van der Waals surface area contributed by atoms with Gasteiger partial charge in [0.15, 0.2) is 11.2 Å². The first-order valence-corrected chi connectivity index (χ1v) is 25.0. The number of benzene rings is 7. The first-order valence-electron chi connectivity index (χ1n) is 25.0. The van der Waals surface area contributed by atoms with Gasteiger partial charge in [0.25, 0.3) is 0 Å². The molecule has 0 saturated carbocycles. The van der Waals surface area contributed by atoms with Gasteiger partial charge in [-0.1, -0.05) is 138 Å². The monoisotopic (exact) mass is 892 g/mol. The van der Waals surface area contributed by atoms with Crippen molar-refractivity contribution in [2.75, 3.05) is 0 Å². The number of aryl methyl sites for hydroxylation is 4. The fraction of sp³-hybridized carbons (Fsp3) is 0.258. The molecule has 0 fully saturated rings. The molecule has 6 heteroatoms. The van der Waals surface area contributed by atoms with Crippen molar-refractivity contribution < 1.29 is 8.83 Å². The molecule has 3 aromatic heterocycles. The highest BCUT2D eigenvalue weighted by molar-refractivity contribution is 5.88. The molecule has 10 aromatic rings. The Hall–Kier alpha value is -7.18. The highest BCUT2D eigenvalue weighted by Gasteiger charge is 2.17. The van der Waals surface area contributed by atoms with Crippen molar-refractivity contribution >= 4 is 33.2 Å². The average molecular weight is 893 g/mol. The second-order valence-electron chi connectivity index (χ2n) is 18.3. The van der Waals surface area contributed by atoms with E-state index in [4.69, 9.17) is 28.8 Å². The van der Waals surface area contributed by atoms with E-state index >= 15 is 0 Å². The first-order chi connectivity index (χ1) is 33.5. The number of unbranched alkanes of at least 4 members (excludes halogenated alkanes) is 4. The lowest BCUT2D eigenvalue weighted by molar-refractivity contribution is 0.618. The van der Waals surface area contributed by atoms with Crippen LogP contribution in [0.1, 0.15) is 101 Å². The highest BCUT2D eigenvalue weighted by Crippen LogP contribution is 2.36. The van der Waals surface area contributed by atoms with Gasteiger partial charge in [-0.25, -0.2) is 19.9 Å². The van der Waals surface area contributed by atoms with E-state index in [1.807, 2.05) is 24.3 Å². The number of fused-ring (bicyclic) bond motifs is 3. The Morgan fingerprint density at radius 1 is 0.309 bits per heavy atom. The molecular formula is C62H60N4O2. The van der Waals surface area contributed by atoms with E-state index in [0.29, 0.717) is 11.8 Å². The quantitative estimate of drug-likeness (QED) is 0.0854. The molecule has 0 saturated heterocycles. The van der Waals surface area contributed by atoms with Gasteiger partial charge in [0, 0.05) is 22.3 Å². The third-order valence-corrected chi connectivity index (χ3v) is 13.4. The Morgan fingerprint density at radius 2 is 0.603 bits per heavy atom. The minimum absolute atomic E-state index is 0.660. The molecule has 3 heterocycles. The summed E-state index contributed by atoms with van der Waals surface area (Å²) in [7, 11) is 0. The van der Waals surface area contributed by atoms with Crippen LogP contribution in [-0.4, -0.2) is 19.9 Å². The van der Waals surface area contributed by atoms with Gasteiger partial charge in [-0.15, -0.1) is 0 Å². The SMILES string of the molecule is CCCCc1cc2nc(-c3ccc(-c4ccc(-c5nc6ccccc6nc5-c5ccc(-c6ccc(-c7nc8cc(CCCC)c(CCCC)cc8o7)cc6)cc5)cc4)cc3)oc2cc1CCCC. The normalized spacial score (nSPS) is 11.6. The number of oxazole rings is 2. The number of rotatable bonds is 18. The Morgan fingerprint density at radius 3 is 0.926 bits per heavy atom. The standard InChI is InChI=1S/C62H60N4O2/c1-5-9-15-49-37-55-57(39-51(49)17-11-7-3)67-61(65-55)47-33-25-43(26-34-47)41-21-29-45(30-22-41)59-60(64-54-20-14-13-19-53(54)63-59)46-31-23-42(24-32-46)44-27-35-48(36-28-44)62-66-56-38-50(16-10-6-2)52(18-12-8-4)40-58(56)68-62/h13-14,19-40H,5-12,15-18H2,1-4H3. The van der Waals surface area contributed by atoms with Gasteiger partial charge in [-0.2, -0.15) is 0 Å². The summed E-state index contributed by atoms with van der Waals surface area (Å²) in [5, 5.41) is 0. The molecule has 0 aliphatic rings. The predicted octanol–water partition coefficient (Wildman–Crippen LogP) is 17.3. The topological polar surface area (TPSA) is 77.8 Å². The number of hydrogen-bond acceptors (Lipinski definition) is 6. The molecule has 0 radical (unpaired) electrons. The van der Waals surface area contributed by atoms with Gasteiger partial charge in [-0.3, -0.25) is 0 Å². The maximum atomic E-state index is 6.37. The lowest BCUT2D eigenvalue weighted by atomic mass is 9.97.